The summed E-state index contributed by atoms with van der Waals surface area (Å²) in [4.78, 5) is 52.5. The van der Waals surface area contributed by atoms with E-state index >= 15 is 0 Å². The molecule has 7 nitrogen and oxygen atoms in total. The largest absolute Gasteiger partial charge is 0.426 e. The van der Waals surface area contributed by atoms with Gasteiger partial charge in [0.2, 0.25) is 11.8 Å². The van der Waals surface area contributed by atoms with Crippen LogP contribution in [0.4, 0.5) is 0 Å². The zero-order chi connectivity index (χ0) is 25.1. The molecule has 36 heavy (non-hydrogen) atoms. The first-order valence-electron chi connectivity index (χ1n) is 12.4. The van der Waals surface area contributed by atoms with Crippen LogP contribution in [0.3, 0.4) is 0 Å². The predicted molar refractivity (Wildman–Crippen MR) is 134 cm³/mol. The number of imide groups is 1. The Morgan fingerprint density at radius 1 is 0.861 bits per heavy atom. The topological polar surface area (TPSA) is 92.8 Å². The van der Waals surface area contributed by atoms with Gasteiger partial charge in [0.1, 0.15) is 5.75 Å². The minimum Gasteiger partial charge on any atom is -0.426 e. The van der Waals surface area contributed by atoms with Gasteiger partial charge in [-0.3, -0.25) is 24.1 Å². The third-order valence-electron chi connectivity index (χ3n) is 7.08. The average Bonchev–Trinajstić information content (AvgIpc) is 3.15. The SMILES string of the molecule is O=C(CCN1C(=O)C2CCCCC2C1=O)Oc1cc2ccccc2cc1C(=O)NCc1ccccc1. The number of benzene rings is 3. The average molecular weight is 485 g/mol. The summed E-state index contributed by atoms with van der Waals surface area (Å²) in [6, 6.07) is 20.4. The summed E-state index contributed by atoms with van der Waals surface area (Å²) >= 11 is 0. The summed E-state index contributed by atoms with van der Waals surface area (Å²) in [5, 5.41) is 4.56. The monoisotopic (exact) mass is 484 g/mol. The van der Waals surface area contributed by atoms with Crippen molar-refractivity contribution < 1.29 is 23.9 Å². The molecule has 2 unspecified atom stereocenters. The van der Waals surface area contributed by atoms with E-state index < -0.39 is 5.97 Å². The van der Waals surface area contributed by atoms with Crippen molar-refractivity contribution >= 4 is 34.5 Å². The van der Waals surface area contributed by atoms with Crippen LogP contribution >= 0.6 is 0 Å². The Bertz CT molecular complexity index is 1300. The highest BCUT2D eigenvalue weighted by Crippen LogP contribution is 2.38. The molecule has 3 aromatic rings. The lowest BCUT2D eigenvalue weighted by atomic mass is 9.81. The summed E-state index contributed by atoms with van der Waals surface area (Å²) in [5.74, 6) is -1.66. The smallest absolute Gasteiger partial charge is 0.313 e. The fourth-order valence-corrected chi connectivity index (χ4v) is 5.18. The molecule has 0 bridgehead atoms. The second kappa shape index (κ2) is 10.3. The number of fused-ring (bicyclic) bond motifs is 2. The van der Waals surface area contributed by atoms with Gasteiger partial charge in [-0.1, -0.05) is 67.4 Å². The number of esters is 1. The molecule has 3 aromatic carbocycles. The molecule has 1 aliphatic carbocycles. The molecule has 184 valence electrons. The van der Waals surface area contributed by atoms with Crippen LogP contribution in [0.5, 0.6) is 5.75 Å². The van der Waals surface area contributed by atoms with Gasteiger partial charge in [0, 0.05) is 13.1 Å². The molecule has 2 fully saturated rings. The molecule has 5 rings (SSSR count). The quantitative estimate of drug-likeness (QED) is 0.308. The van der Waals surface area contributed by atoms with Crippen LogP contribution in [0.1, 0.15) is 48.0 Å². The van der Waals surface area contributed by atoms with Gasteiger partial charge in [-0.05, 0) is 41.3 Å². The van der Waals surface area contributed by atoms with Crippen LogP contribution in [0.25, 0.3) is 10.8 Å². The molecule has 1 saturated carbocycles. The fraction of sp³-hybridized carbons (Fsp3) is 0.310. The van der Waals surface area contributed by atoms with Gasteiger partial charge in [0.15, 0.2) is 0 Å². The van der Waals surface area contributed by atoms with Gasteiger partial charge in [0.05, 0.1) is 23.8 Å². The van der Waals surface area contributed by atoms with E-state index in [0.29, 0.717) is 6.54 Å². The second-order valence-electron chi connectivity index (χ2n) is 9.41. The Morgan fingerprint density at radius 3 is 2.14 bits per heavy atom. The number of hydrogen-bond donors (Lipinski definition) is 1. The van der Waals surface area contributed by atoms with Crippen molar-refractivity contribution in [2.75, 3.05) is 6.54 Å². The minimum atomic E-state index is -0.599. The molecular formula is C29H28N2O5. The van der Waals surface area contributed by atoms with E-state index in [-0.39, 0.29) is 53.8 Å². The number of hydrogen-bond acceptors (Lipinski definition) is 5. The van der Waals surface area contributed by atoms with Gasteiger partial charge >= 0.3 is 5.97 Å². The van der Waals surface area contributed by atoms with E-state index in [0.717, 1.165) is 42.0 Å². The molecule has 1 N–H and O–H groups in total. The van der Waals surface area contributed by atoms with Gasteiger partial charge in [0.25, 0.3) is 5.91 Å². The van der Waals surface area contributed by atoms with Crippen LogP contribution in [0.2, 0.25) is 0 Å². The second-order valence-corrected chi connectivity index (χ2v) is 9.41. The van der Waals surface area contributed by atoms with Crippen molar-refractivity contribution in [3.8, 4) is 5.75 Å². The highest BCUT2D eigenvalue weighted by molar-refractivity contribution is 6.05. The molecule has 2 atom stereocenters. The van der Waals surface area contributed by atoms with E-state index in [1.165, 1.54) is 4.90 Å². The summed E-state index contributed by atoms with van der Waals surface area (Å²) in [6.07, 6.45) is 3.23. The lowest BCUT2D eigenvalue weighted by Crippen LogP contribution is -2.33. The van der Waals surface area contributed by atoms with Crippen LogP contribution in [0.15, 0.2) is 66.7 Å². The molecule has 0 aromatic heterocycles. The fourth-order valence-electron chi connectivity index (χ4n) is 5.18. The van der Waals surface area contributed by atoms with Crippen molar-refractivity contribution in [1.82, 2.24) is 10.2 Å². The zero-order valence-electron chi connectivity index (χ0n) is 19.9. The number of carbonyl (C=O) groups is 4. The molecule has 1 aliphatic heterocycles. The molecular weight excluding hydrogens is 456 g/mol. The van der Waals surface area contributed by atoms with Crippen LogP contribution in [-0.2, 0) is 20.9 Å². The molecule has 1 heterocycles. The maximum absolute atomic E-state index is 13.1. The number of rotatable bonds is 7. The first-order chi connectivity index (χ1) is 17.5. The van der Waals surface area contributed by atoms with Crippen LogP contribution in [0, 0.1) is 11.8 Å². The lowest BCUT2D eigenvalue weighted by molar-refractivity contribution is -0.141. The van der Waals surface area contributed by atoms with E-state index in [1.807, 2.05) is 54.6 Å². The first-order valence-corrected chi connectivity index (χ1v) is 12.4. The third kappa shape index (κ3) is 4.87. The molecule has 2 aliphatic rings. The van der Waals surface area contributed by atoms with Gasteiger partial charge in [-0.25, -0.2) is 0 Å². The third-order valence-corrected chi connectivity index (χ3v) is 7.08. The lowest BCUT2D eigenvalue weighted by Gasteiger charge is -2.19. The number of carbonyl (C=O) groups excluding carboxylic acids is 4. The number of nitrogens with zero attached hydrogens (tertiary/aromatic N) is 1. The van der Waals surface area contributed by atoms with Crippen molar-refractivity contribution in [1.29, 1.82) is 0 Å². The van der Waals surface area contributed by atoms with Crippen molar-refractivity contribution in [3.63, 3.8) is 0 Å². The van der Waals surface area contributed by atoms with Crippen molar-refractivity contribution in [2.45, 2.75) is 38.6 Å². The van der Waals surface area contributed by atoms with Gasteiger partial charge in [-0.15, -0.1) is 0 Å². The van der Waals surface area contributed by atoms with E-state index in [1.54, 1.807) is 12.1 Å². The first kappa shape index (κ1) is 23.7. The number of ether oxygens (including phenoxy) is 1. The van der Waals surface area contributed by atoms with E-state index in [9.17, 15) is 19.2 Å². The van der Waals surface area contributed by atoms with Crippen molar-refractivity contribution in [3.05, 3.63) is 77.9 Å². The summed E-state index contributed by atoms with van der Waals surface area (Å²) < 4.78 is 5.63. The number of likely N-dealkylation sites (tertiary alicyclic amines) is 1. The summed E-state index contributed by atoms with van der Waals surface area (Å²) in [5.41, 5.74) is 1.20. The zero-order valence-corrected chi connectivity index (χ0v) is 19.9. The van der Waals surface area contributed by atoms with E-state index in [4.69, 9.17) is 4.74 Å². The maximum atomic E-state index is 13.1. The molecule has 0 spiro atoms. The molecule has 1 saturated heterocycles. The van der Waals surface area contributed by atoms with Gasteiger partial charge < -0.3 is 10.1 Å². The Kier molecular flexibility index (Phi) is 6.80. The molecule has 3 amide bonds. The van der Waals surface area contributed by atoms with Gasteiger partial charge in [-0.2, -0.15) is 0 Å². The predicted octanol–water partition coefficient (Wildman–Crippen LogP) is 4.24. The number of nitrogens with one attached hydrogen (secondary N) is 1. The summed E-state index contributed by atoms with van der Waals surface area (Å²) in [7, 11) is 0. The highest BCUT2D eigenvalue weighted by atomic mass is 16.5. The van der Waals surface area contributed by atoms with E-state index in [2.05, 4.69) is 5.32 Å². The maximum Gasteiger partial charge on any atom is 0.313 e. The minimum absolute atomic E-state index is 0.00732. The number of amides is 3. The standard InChI is InChI=1S/C29H28N2O5/c32-26(14-15-31-28(34)22-12-6-7-13-23(22)29(31)35)36-25-17-21-11-5-4-10-20(21)16-24(25)27(33)30-18-19-8-2-1-3-9-19/h1-5,8-11,16-17,22-23H,6-7,12-15,18H2,(H,30,33). The van der Waals surface area contributed by atoms with Crippen molar-refractivity contribution in [2.24, 2.45) is 11.8 Å². The molecule has 7 heteroatoms. The van der Waals surface area contributed by atoms with Crippen LogP contribution < -0.4 is 10.1 Å². The van der Waals surface area contributed by atoms with Crippen LogP contribution in [-0.4, -0.2) is 35.1 Å². The Morgan fingerprint density at radius 2 is 1.47 bits per heavy atom. The molecule has 0 radical (unpaired) electrons. The summed E-state index contributed by atoms with van der Waals surface area (Å²) in [6.45, 7) is 0.327. The Labute approximate surface area is 209 Å². The highest BCUT2D eigenvalue weighted by Gasteiger charge is 2.47. The normalized spacial score (nSPS) is 19.3. The Hall–Kier alpha value is -4.00. The Balaban J connectivity index is 1.29.